The summed E-state index contributed by atoms with van der Waals surface area (Å²) in [6, 6.07) is 14.9. The summed E-state index contributed by atoms with van der Waals surface area (Å²) < 4.78 is 10.6. The number of Topliss-reactive ketones (excluding diaryl/α,β-unsaturated/α-hetero) is 1. The van der Waals surface area contributed by atoms with E-state index in [1.165, 1.54) is 0 Å². The van der Waals surface area contributed by atoms with Crippen molar-refractivity contribution in [2.75, 3.05) is 13.2 Å². The number of carbonyl (C=O) groups is 2. The van der Waals surface area contributed by atoms with E-state index in [0.717, 1.165) is 22.9 Å². The molecule has 0 saturated carbocycles. The molecule has 0 fully saturated rings. The highest BCUT2D eigenvalue weighted by atomic mass is 16.6. The minimum absolute atomic E-state index is 0.180. The number of carbonyl (C=O) groups excluding carboxylic acids is 2. The number of aromatic amines is 1. The molecule has 3 rings (SSSR count). The number of benzene rings is 2. The highest BCUT2D eigenvalue weighted by molar-refractivity contribution is 6.11. The van der Waals surface area contributed by atoms with Crippen molar-refractivity contribution >= 4 is 22.7 Å². The molecule has 5 heteroatoms. The number of hydrogen-bond acceptors (Lipinski definition) is 4. The van der Waals surface area contributed by atoms with Gasteiger partial charge in [0.2, 0.25) is 5.78 Å². The van der Waals surface area contributed by atoms with Crippen molar-refractivity contribution < 1.29 is 19.1 Å². The van der Waals surface area contributed by atoms with Crippen LogP contribution in [0.5, 0.6) is 0 Å². The van der Waals surface area contributed by atoms with Crippen LogP contribution in [0.15, 0.2) is 54.7 Å². The van der Waals surface area contributed by atoms with E-state index < -0.39 is 12.1 Å². The van der Waals surface area contributed by atoms with Crippen molar-refractivity contribution in [2.45, 2.75) is 26.4 Å². The number of esters is 1. The van der Waals surface area contributed by atoms with Crippen LogP contribution in [0.1, 0.15) is 41.4 Å². The van der Waals surface area contributed by atoms with Crippen LogP contribution in [0, 0.1) is 0 Å². The van der Waals surface area contributed by atoms with Gasteiger partial charge in [-0.1, -0.05) is 55.5 Å². The molecule has 1 N–H and O–H groups in total. The predicted octanol–water partition coefficient (Wildman–Crippen LogP) is 4.23. The highest BCUT2D eigenvalue weighted by Crippen LogP contribution is 2.28. The summed E-state index contributed by atoms with van der Waals surface area (Å²) in [5, 5.41) is 0.834. The fraction of sp³-hybridized carbons (Fsp3) is 0.273. The highest BCUT2D eigenvalue weighted by Gasteiger charge is 2.28. The van der Waals surface area contributed by atoms with Crippen molar-refractivity contribution in [1.82, 2.24) is 4.98 Å². The van der Waals surface area contributed by atoms with Crippen LogP contribution in [0.3, 0.4) is 0 Å². The zero-order valence-electron chi connectivity index (χ0n) is 15.5. The molecule has 0 saturated heterocycles. The number of ketones is 1. The van der Waals surface area contributed by atoms with Crippen molar-refractivity contribution in [3.05, 3.63) is 71.4 Å². The first-order valence-corrected chi connectivity index (χ1v) is 9.11. The molecule has 0 aliphatic carbocycles. The monoisotopic (exact) mass is 365 g/mol. The Balaban J connectivity index is 1.97. The van der Waals surface area contributed by atoms with Gasteiger partial charge in [-0.05, 0) is 18.9 Å². The van der Waals surface area contributed by atoms with Crippen LogP contribution in [0.25, 0.3) is 10.9 Å². The van der Waals surface area contributed by atoms with Gasteiger partial charge in [0.1, 0.15) is 6.61 Å². The Bertz CT molecular complexity index is 930. The molecular weight excluding hydrogens is 342 g/mol. The molecule has 1 atom stereocenters. The Morgan fingerprint density at radius 2 is 1.81 bits per heavy atom. The number of aromatic nitrogens is 1. The Labute approximate surface area is 158 Å². The molecule has 1 aromatic heterocycles. The molecule has 3 aromatic rings. The summed E-state index contributed by atoms with van der Waals surface area (Å²) in [7, 11) is 0. The van der Waals surface area contributed by atoms with Crippen molar-refractivity contribution in [2.24, 2.45) is 0 Å². The van der Waals surface area contributed by atoms with Gasteiger partial charge in [0.05, 0.1) is 0 Å². The first-order valence-electron chi connectivity index (χ1n) is 9.11. The van der Waals surface area contributed by atoms with Crippen molar-refractivity contribution in [1.29, 1.82) is 0 Å². The number of nitrogens with one attached hydrogen (secondary N) is 1. The first kappa shape index (κ1) is 18.9. The number of rotatable bonds is 8. The second-order valence-electron chi connectivity index (χ2n) is 6.18. The lowest BCUT2D eigenvalue weighted by molar-refractivity contribution is -0.152. The molecule has 5 nitrogen and oxygen atoms in total. The minimum atomic E-state index is -1.01. The molecule has 140 valence electrons. The normalized spacial score (nSPS) is 12.1. The quantitative estimate of drug-likeness (QED) is 0.479. The summed E-state index contributed by atoms with van der Waals surface area (Å²) in [4.78, 5) is 28.6. The van der Waals surface area contributed by atoms with E-state index in [9.17, 15) is 9.59 Å². The molecule has 0 bridgehead atoms. The lowest BCUT2D eigenvalue weighted by Gasteiger charge is -2.17. The molecule has 0 radical (unpaired) electrons. The Morgan fingerprint density at radius 3 is 2.52 bits per heavy atom. The van der Waals surface area contributed by atoms with Gasteiger partial charge < -0.3 is 14.5 Å². The van der Waals surface area contributed by atoms with Gasteiger partial charge in [0.25, 0.3) is 0 Å². The number of H-pyrrole nitrogens is 1. The topological polar surface area (TPSA) is 68.4 Å². The molecule has 27 heavy (non-hydrogen) atoms. The molecule has 0 aliphatic rings. The Morgan fingerprint density at radius 1 is 1.04 bits per heavy atom. The summed E-state index contributed by atoms with van der Waals surface area (Å²) in [6.45, 7) is 4.09. The van der Waals surface area contributed by atoms with E-state index in [-0.39, 0.29) is 12.4 Å². The van der Waals surface area contributed by atoms with Gasteiger partial charge in [0.15, 0.2) is 6.10 Å². The van der Waals surface area contributed by atoms with E-state index in [0.29, 0.717) is 17.7 Å². The predicted molar refractivity (Wildman–Crippen MR) is 104 cm³/mol. The molecular formula is C22H23NO4. The van der Waals surface area contributed by atoms with Crippen molar-refractivity contribution in [3.63, 3.8) is 0 Å². The third kappa shape index (κ3) is 4.09. The second-order valence-corrected chi connectivity index (χ2v) is 6.18. The maximum atomic E-state index is 13.3. The molecule has 0 unspecified atom stereocenters. The molecule has 0 amide bonds. The third-order valence-electron chi connectivity index (χ3n) is 4.46. The van der Waals surface area contributed by atoms with Crippen LogP contribution in [-0.2, 0) is 20.7 Å². The van der Waals surface area contributed by atoms with Gasteiger partial charge in [-0.15, -0.1) is 0 Å². The zero-order valence-corrected chi connectivity index (χ0v) is 15.5. The Hall–Kier alpha value is -2.92. The maximum Gasteiger partial charge on any atom is 0.333 e. The molecule has 2 aromatic carbocycles. The van der Waals surface area contributed by atoms with Crippen LogP contribution < -0.4 is 0 Å². The van der Waals surface area contributed by atoms with E-state index in [1.54, 1.807) is 25.3 Å². The smallest absolute Gasteiger partial charge is 0.333 e. The second kappa shape index (κ2) is 8.64. The van der Waals surface area contributed by atoms with E-state index in [4.69, 9.17) is 9.47 Å². The summed E-state index contributed by atoms with van der Waals surface area (Å²) in [5.74, 6) is -0.821. The summed E-state index contributed by atoms with van der Waals surface area (Å²) in [5.41, 5.74) is 3.22. The summed E-state index contributed by atoms with van der Waals surface area (Å²) in [6.07, 6.45) is 1.54. The lowest BCUT2D eigenvalue weighted by Crippen LogP contribution is -2.22. The molecule has 0 aliphatic heterocycles. The number of aryl methyl sites for hydroxylation is 1. The van der Waals surface area contributed by atoms with Gasteiger partial charge in [-0.25, -0.2) is 4.79 Å². The zero-order chi connectivity index (χ0) is 19.2. The van der Waals surface area contributed by atoms with E-state index in [2.05, 4.69) is 11.9 Å². The number of para-hydroxylation sites is 1. The van der Waals surface area contributed by atoms with Gasteiger partial charge in [-0.2, -0.15) is 0 Å². The Kier molecular flexibility index (Phi) is 6.04. The van der Waals surface area contributed by atoms with Crippen molar-refractivity contribution in [3.8, 4) is 0 Å². The van der Waals surface area contributed by atoms with Gasteiger partial charge >= 0.3 is 5.97 Å². The number of fused-ring (bicyclic) bond motifs is 1. The van der Waals surface area contributed by atoms with Crippen LogP contribution in [0.2, 0.25) is 0 Å². The third-order valence-corrected chi connectivity index (χ3v) is 4.46. The minimum Gasteiger partial charge on any atom is -0.447 e. The first-order chi connectivity index (χ1) is 13.2. The van der Waals surface area contributed by atoms with Crippen LogP contribution >= 0.6 is 0 Å². The standard InChI is InChI=1S/C22H23NO4/c1-3-15-11-8-12-17-18(13-23-20(15)17)21(25)22(16-9-6-5-7-10-16)27-19(24)14-26-4-2/h5-13,22-23H,3-4,14H2,1-2H3/t22-/m1/s1. The number of hydrogen-bond donors (Lipinski definition) is 1. The fourth-order valence-corrected chi connectivity index (χ4v) is 3.11. The number of ether oxygens (including phenoxy) is 2. The SMILES string of the molecule is CCOCC(=O)O[C@@H](C(=O)c1c[nH]c2c(CC)cccc12)c1ccccc1. The van der Waals surface area contributed by atoms with Crippen LogP contribution in [-0.4, -0.2) is 30.0 Å². The average Bonchev–Trinajstić information content (AvgIpc) is 3.15. The molecule has 1 heterocycles. The van der Waals surface area contributed by atoms with Gasteiger partial charge in [-0.3, -0.25) is 4.79 Å². The molecule has 0 spiro atoms. The lowest BCUT2D eigenvalue weighted by atomic mass is 9.98. The van der Waals surface area contributed by atoms with E-state index in [1.807, 2.05) is 36.4 Å². The largest absolute Gasteiger partial charge is 0.447 e. The van der Waals surface area contributed by atoms with Crippen LogP contribution in [0.4, 0.5) is 0 Å². The van der Waals surface area contributed by atoms with E-state index >= 15 is 0 Å². The van der Waals surface area contributed by atoms with Gasteiger partial charge in [0, 0.05) is 34.8 Å². The summed E-state index contributed by atoms with van der Waals surface area (Å²) >= 11 is 0. The fourth-order valence-electron chi connectivity index (χ4n) is 3.11. The maximum absolute atomic E-state index is 13.3. The average molecular weight is 365 g/mol.